The predicted octanol–water partition coefficient (Wildman–Crippen LogP) is 4.14. The molecule has 0 saturated heterocycles. The first kappa shape index (κ1) is 19.5. The van der Waals surface area contributed by atoms with E-state index in [1.165, 1.54) is 22.9 Å². The van der Waals surface area contributed by atoms with Crippen LogP contribution in [0, 0.1) is 6.92 Å². The van der Waals surface area contributed by atoms with Crippen molar-refractivity contribution in [1.29, 1.82) is 0 Å². The Morgan fingerprint density at radius 2 is 1.96 bits per heavy atom. The molecule has 0 radical (unpaired) electrons. The summed E-state index contributed by atoms with van der Waals surface area (Å²) in [7, 11) is 1.54. The molecule has 1 amide bonds. The van der Waals surface area contributed by atoms with Gasteiger partial charge in [-0.25, -0.2) is 4.68 Å². The van der Waals surface area contributed by atoms with Crippen molar-refractivity contribution in [3.8, 4) is 11.4 Å². The van der Waals surface area contributed by atoms with Crippen LogP contribution in [-0.2, 0) is 12.7 Å². The molecule has 0 spiro atoms. The van der Waals surface area contributed by atoms with E-state index in [-0.39, 0.29) is 12.2 Å². The lowest BCUT2D eigenvalue weighted by Gasteiger charge is -2.10. The molecule has 0 fully saturated rings. The number of hydrogen-bond donors (Lipinski definition) is 1. The van der Waals surface area contributed by atoms with Crippen LogP contribution in [0.2, 0.25) is 0 Å². The Morgan fingerprint density at radius 3 is 2.68 bits per heavy atom. The zero-order valence-corrected chi connectivity index (χ0v) is 15.2. The lowest BCUT2D eigenvalue weighted by molar-refractivity contribution is -0.137. The van der Waals surface area contributed by atoms with Crippen LogP contribution in [0.1, 0.15) is 27.2 Å². The standard InChI is InChI=1S/C20H18F3N3O2/c1-13-6-7-18(28-2)17(10-13)26-9-8-16(25-26)19(27)24-12-14-4-3-5-15(11-14)20(21,22)23/h3-11H,12H2,1-2H3,(H,24,27). The molecule has 2 aromatic carbocycles. The Hall–Kier alpha value is -3.29. The quantitative estimate of drug-likeness (QED) is 0.714. The summed E-state index contributed by atoms with van der Waals surface area (Å²) in [6.07, 6.45) is -2.80. The summed E-state index contributed by atoms with van der Waals surface area (Å²) in [5, 5.41) is 6.83. The molecule has 8 heteroatoms. The number of ether oxygens (including phenoxy) is 1. The van der Waals surface area contributed by atoms with E-state index < -0.39 is 17.6 Å². The lowest BCUT2D eigenvalue weighted by atomic mass is 10.1. The highest BCUT2D eigenvalue weighted by Gasteiger charge is 2.30. The summed E-state index contributed by atoms with van der Waals surface area (Å²) in [6, 6.07) is 11.9. The molecule has 0 unspecified atom stereocenters. The average molecular weight is 389 g/mol. The van der Waals surface area contributed by atoms with Crippen LogP contribution in [-0.4, -0.2) is 22.8 Å². The molecule has 0 atom stereocenters. The third-order valence-corrected chi connectivity index (χ3v) is 4.11. The van der Waals surface area contributed by atoms with Gasteiger partial charge in [0.25, 0.3) is 5.91 Å². The van der Waals surface area contributed by atoms with E-state index in [4.69, 9.17) is 4.74 Å². The maximum absolute atomic E-state index is 12.8. The van der Waals surface area contributed by atoms with E-state index in [2.05, 4.69) is 10.4 Å². The molecule has 0 aliphatic heterocycles. The molecule has 0 aliphatic carbocycles. The van der Waals surface area contributed by atoms with Gasteiger partial charge >= 0.3 is 6.18 Å². The van der Waals surface area contributed by atoms with Gasteiger partial charge in [-0.15, -0.1) is 0 Å². The number of alkyl halides is 3. The molecule has 1 aromatic heterocycles. The third-order valence-electron chi connectivity index (χ3n) is 4.11. The summed E-state index contributed by atoms with van der Waals surface area (Å²) in [5.41, 5.74) is 1.43. The second-order valence-electron chi connectivity index (χ2n) is 6.20. The van der Waals surface area contributed by atoms with Crippen molar-refractivity contribution >= 4 is 5.91 Å². The number of carbonyl (C=O) groups excluding carboxylic acids is 1. The van der Waals surface area contributed by atoms with Gasteiger partial charge in [0.2, 0.25) is 0 Å². The first-order valence-corrected chi connectivity index (χ1v) is 8.43. The van der Waals surface area contributed by atoms with Gasteiger partial charge in [-0.2, -0.15) is 18.3 Å². The minimum atomic E-state index is -4.42. The first-order valence-electron chi connectivity index (χ1n) is 8.43. The van der Waals surface area contributed by atoms with Gasteiger partial charge in [0.05, 0.1) is 12.7 Å². The highest BCUT2D eigenvalue weighted by molar-refractivity contribution is 5.92. The number of methoxy groups -OCH3 is 1. The van der Waals surface area contributed by atoms with Gasteiger partial charge in [-0.1, -0.05) is 18.2 Å². The second-order valence-corrected chi connectivity index (χ2v) is 6.20. The molecular weight excluding hydrogens is 371 g/mol. The molecule has 146 valence electrons. The Morgan fingerprint density at radius 1 is 1.18 bits per heavy atom. The molecule has 28 heavy (non-hydrogen) atoms. The molecule has 1 heterocycles. The molecule has 3 aromatic rings. The number of nitrogens with one attached hydrogen (secondary N) is 1. The van der Waals surface area contributed by atoms with Crippen LogP contribution in [0.25, 0.3) is 5.69 Å². The molecule has 1 N–H and O–H groups in total. The van der Waals surface area contributed by atoms with Gasteiger partial charge in [-0.05, 0) is 48.4 Å². The number of nitrogens with zero attached hydrogens (tertiary/aromatic N) is 2. The minimum absolute atomic E-state index is 0.0383. The molecule has 5 nitrogen and oxygen atoms in total. The van der Waals surface area contributed by atoms with Crippen LogP contribution in [0.3, 0.4) is 0 Å². The number of aromatic nitrogens is 2. The lowest BCUT2D eigenvalue weighted by Crippen LogP contribution is -2.23. The van der Waals surface area contributed by atoms with Crippen molar-refractivity contribution in [3.05, 3.63) is 77.1 Å². The van der Waals surface area contributed by atoms with Gasteiger partial charge in [-0.3, -0.25) is 4.79 Å². The SMILES string of the molecule is COc1ccc(C)cc1-n1ccc(C(=O)NCc2cccc(C(F)(F)F)c2)n1. The van der Waals surface area contributed by atoms with Crippen molar-refractivity contribution in [3.63, 3.8) is 0 Å². The summed E-state index contributed by atoms with van der Waals surface area (Å²) in [6.45, 7) is 1.89. The van der Waals surface area contributed by atoms with E-state index in [0.717, 1.165) is 17.7 Å². The molecule has 0 aliphatic rings. The summed E-state index contributed by atoms with van der Waals surface area (Å²) in [5.74, 6) is 0.118. The summed E-state index contributed by atoms with van der Waals surface area (Å²) in [4.78, 5) is 12.3. The molecular formula is C20H18F3N3O2. The van der Waals surface area contributed by atoms with Crippen molar-refractivity contribution in [2.75, 3.05) is 7.11 Å². The highest BCUT2D eigenvalue weighted by Crippen LogP contribution is 2.29. The number of halogens is 3. The van der Waals surface area contributed by atoms with Gasteiger partial charge < -0.3 is 10.1 Å². The number of hydrogen-bond acceptors (Lipinski definition) is 3. The number of rotatable bonds is 5. The number of carbonyl (C=O) groups is 1. The third kappa shape index (κ3) is 4.33. The average Bonchev–Trinajstić information content (AvgIpc) is 3.16. The number of benzene rings is 2. The zero-order valence-electron chi connectivity index (χ0n) is 15.2. The van der Waals surface area contributed by atoms with Crippen molar-refractivity contribution in [2.24, 2.45) is 0 Å². The van der Waals surface area contributed by atoms with Crippen LogP contribution in [0.4, 0.5) is 13.2 Å². The fourth-order valence-electron chi connectivity index (χ4n) is 2.69. The molecule has 0 bridgehead atoms. The van der Waals surface area contributed by atoms with Crippen molar-refractivity contribution in [2.45, 2.75) is 19.6 Å². The van der Waals surface area contributed by atoms with E-state index in [9.17, 15) is 18.0 Å². The van der Waals surface area contributed by atoms with Gasteiger partial charge in [0, 0.05) is 12.7 Å². The minimum Gasteiger partial charge on any atom is -0.494 e. The fourth-order valence-corrected chi connectivity index (χ4v) is 2.69. The van der Waals surface area contributed by atoms with Crippen molar-refractivity contribution < 1.29 is 22.7 Å². The maximum atomic E-state index is 12.8. The van der Waals surface area contributed by atoms with E-state index >= 15 is 0 Å². The van der Waals surface area contributed by atoms with E-state index in [0.29, 0.717) is 17.0 Å². The van der Waals surface area contributed by atoms with Crippen LogP contribution in [0.15, 0.2) is 54.7 Å². The topological polar surface area (TPSA) is 56.1 Å². The summed E-state index contributed by atoms with van der Waals surface area (Å²) < 4.78 is 45.2. The normalized spacial score (nSPS) is 11.3. The number of amides is 1. The van der Waals surface area contributed by atoms with Crippen LogP contribution in [0.5, 0.6) is 5.75 Å². The van der Waals surface area contributed by atoms with E-state index in [1.54, 1.807) is 19.4 Å². The fraction of sp³-hybridized carbons (Fsp3) is 0.200. The predicted molar refractivity (Wildman–Crippen MR) is 97.5 cm³/mol. The highest BCUT2D eigenvalue weighted by atomic mass is 19.4. The summed E-state index contributed by atoms with van der Waals surface area (Å²) >= 11 is 0. The second kappa shape index (κ2) is 7.75. The molecule has 3 rings (SSSR count). The zero-order chi connectivity index (χ0) is 20.3. The number of aryl methyl sites for hydroxylation is 1. The molecule has 0 saturated carbocycles. The Kier molecular flexibility index (Phi) is 5.39. The Bertz CT molecular complexity index is 996. The maximum Gasteiger partial charge on any atom is 0.416 e. The monoisotopic (exact) mass is 389 g/mol. The van der Waals surface area contributed by atoms with Gasteiger partial charge in [0.1, 0.15) is 11.4 Å². The Balaban J connectivity index is 1.73. The first-order chi connectivity index (χ1) is 13.3. The van der Waals surface area contributed by atoms with Crippen LogP contribution < -0.4 is 10.1 Å². The van der Waals surface area contributed by atoms with Crippen molar-refractivity contribution in [1.82, 2.24) is 15.1 Å². The van der Waals surface area contributed by atoms with Gasteiger partial charge in [0.15, 0.2) is 5.69 Å². The Labute approximate surface area is 159 Å². The largest absolute Gasteiger partial charge is 0.494 e. The van der Waals surface area contributed by atoms with E-state index in [1.807, 2.05) is 19.1 Å². The smallest absolute Gasteiger partial charge is 0.416 e. The van der Waals surface area contributed by atoms with Crippen LogP contribution >= 0.6 is 0 Å².